The minimum atomic E-state index is 0.260. The zero-order chi connectivity index (χ0) is 19.8. The van der Waals surface area contributed by atoms with Gasteiger partial charge in [-0.05, 0) is 41.2 Å². The Hall–Kier alpha value is 0.01000. The Morgan fingerprint density at radius 3 is 1.88 bits per heavy atom. The van der Waals surface area contributed by atoms with Gasteiger partial charge in [-0.2, -0.15) is 0 Å². The van der Waals surface area contributed by atoms with Gasteiger partial charge in [-0.3, -0.25) is 5.14 Å². The number of hydrogen-bond acceptors (Lipinski definition) is 3. The normalized spacial score (nSPS) is 13.4. The fraction of sp³-hybridized carbons (Fsp3) is 0.818. The van der Waals surface area contributed by atoms with Crippen molar-refractivity contribution in [1.29, 1.82) is 0 Å². The quantitative estimate of drug-likeness (QED) is 0.367. The molecule has 25 heavy (non-hydrogen) atoms. The average molecular weight is 386 g/mol. The standard InChI is InChI=1S/C22H40S.H3NS/c1-10-11-12-13-14-16(2)15-18-17(3)19(21(4,5)6)23-20(18)22(7,8)9;1-2/h16H,10-15H2,1-9H3;2H,1H2. The molecule has 0 aliphatic heterocycles. The third kappa shape index (κ3) is 8.05. The van der Waals surface area contributed by atoms with Crippen molar-refractivity contribution in [1.82, 2.24) is 0 Å². The second kappa shape index (κ2) is 11.0. The van der Waals surface area contributed by atoms with Gasteiger partial charge in [0.2, 0.25) is 0 Å². The Labute approximate surface area is 167 Å². The van der Waals surface area contributed by atoms with E-state index < -0.39 is 0 Å². The summed E-state index contributed by atoms with van der Waals surface area (Å²) >= 11 is 5.10. The molecule has 0 fully saturated rings. The summed E-state index contributed by atoms with van der Waals surface area (Å²) in [5, 5.41) is 4.19. The molecule has 1 aromatic heterocycles. The minimum Gasteiger partial charge on any atom is -0.281 e. The summed E-state index contributed by atoms with van der Waals surface area (Å²) in [4.78, 5) is 3.22. The van der Waals surface area contributed by atoms with Gasteiger partial charge in [0.1, 0.15) is 0 Å². The van der Waals surface area contributed by atoms with Gasteiger partial charge in [-0.25, -0.2) is 0 Å². The summed E-state index contributed by atoms with van der Waals surface area (Å²) in [6, 6.07) is 0. The SMILES string of the molecule is CCCCCCC(C)Cc1c(C(C)(C)C)sc(C(C)(C)C)c1C.NS. The van der Waals surface area contributed by atoms with E-state index in [1.165, 1.54) is 38.5 Å². The first kappa shape index (κ1) is 25.0. The van der Waals surface area contributed by atoms with Crippen LogP contribution in [0.1, 0.15) is 108 Å². The Bertz CT molecular complexity index is 489. The number of unbranched alkanes of at least 4 members (excludes halogenated alkanes) is 3. The van der Waals surface area contributed by atoms with E-state index in [1.807, 2.05) is 0 Å². The van der Waals surface area contributed by atoms with Gasteiger partial charge in [0.05, 0.1) is 0 Å². The molecule has 0 spiro atoms. The first-order valence-corrected chi connectivity index (χ1v) is 11.2. The molecule has 1 nitrogen and oxygen atoms in total. The molecule has 3 heteroatoms. The lowest BCUT2D eigenvalue weighted by Crippen LogP contribution is -2.13. The highest BCUT2D eigenvalue weighted by atomic mass is 32.1. The molecule has 1 atom stereocenters. The fourth-order valence-corrected chi connectivity index (χ4v) is 4.94. The van der Waals surface area contributed by atoms with Crippen molar-refractivity contribution in [2.75, 3.05) is 0 Å². The lowest BCUT2D eigenvalue weighted by molar-refractivity contribution is 0.481. The third-order valence-electron chi connectivity index (χ3n) is 4.74. The van der Waals surface area contributed by atoms with E-state index in [9.17, 15) is 0 Å². The van der Waals surface area contributed by atoms with E-state index in [-0.39, 0.29) is 10.8 Å². The minimum absolute atomic E-state index is 0.260. The molecule has 0 aromatic carbocycles. The number of hydrogen-bond donors (Lipinski definition) is 2. The molecule has 0 bridgehead atoms. The lowest BCUT2D eigenvalue weighted by Gasteiger charge is -2.21. The highest BCUT2D eigenvalue weighted by Gasteiger charge is 2.29. The zero-order valence-corrected chi connectivity index (χ0v) is 20.0. The largest absolute Gasteiger partial charge is 0.281 e. The van der Waals surface area contributed by atoms with E-state index in [0.29, 0.717) is 0 Å². The van der Waals surface area contributed by atoms with E-state index in [2.05, 4.69) is 91.6 Å². The summed E-state index contributed by atoms with van der Waals surface area (Å²) in [6.07, 6.45) is 8.17. The van der Waals surface area contributed by atoms with E-state index in [0.717, 1.165) is 5.92 Å². The summed E-state index contributed by atoms with van der Waals surface area (Å²) in [5.74, 6) is 0.800. The van der Waals surface area contributed by atoms with Crippen LogP contribution >= 0.6 is 24.2 Å². The Kier molecular flexibility index (Phi) is 11.0. The number of thiol groups is 1. The monoisotopic (exact) mass is 385 g/mol. The van der Waals surface area contributed by atoms with Gasteiger partial charge in [-0.1, -0.05) is 87.5 Å². The Morgan fingerprint density at radius 1 is 0.920 bits per heavy atom. The molecule has 1 heterocycles. The van der Waals surface area contributed by atoms with Crippen molar-refractivity contribution in [3.63, 3.8) is 0 Å². The smallest absolute Gasteiger partial charge is 0.0137 e. The predicted octanol–water partition coefficient (Wildman–Crippen LogP) is 7.59. The number of rotatable bonds is 7. The summed E-state index contributed by atoms with van der Waals surface area (Å²) in [5.41, 5.74) is 3.76. The molecule has 0 saturated carbocycles. The molecular weight excluding hydrogens is 342 g/mol. The first-order chi connectivity index (χ1) is 11.5. The second-order valence-electron chi connectivity index (χ2n) is 9.52. The van der Waals surface area contributed by atoms with Crippen LogP contribution in [0.3, 0.4) is 0 Å². The molecule has 1 unspecified atom stereocenters. The predicted molar refractivity (Wildman–Crippen MR) is 121 cm³/mol. The molecule has 0 saturated heterocycles. The van der Waals surface area contributed by atoms with Gasteiger partial charge in [-0.15, -0.1) is 24.2 Å². The molecule has 1 aromatic rings. The van der Waals surface area contributed by atoms with Crippen LogP contribution < -0.4 is 5.14 Å². The molecule has 0 aliphatic rings. The summed E-state index contributed by atoms with van der Waals surface area (Å²) < 4.78 is 0. The molecule has 1 rings (SSSR count). The van der Waals surface area contributed by atoms with E-state index in [1.54, 1.807) is 20.9 Å². The van der Waals surface area contributed by atoms with Crippen LogP contribution in [0, 0.1) is 12.8 Å². The number of nitrogens with two attached hydrogens (primary N) is 1. The van der Waals surface area contributed by atoms with Crippen LogP contribution in [-0.2, 0) is 17.3 Å². The Balaban J connectivity index is 0.00000277. The van der Waals surface area contributed by atoms with Gasteiger partial charge >= 0.3 is 0 Å². The van der Waals surface area contributed by atoms with Crippen molar-refractivity contribution in [2.45, 2.75) is 112 Å². The van der Waals surface area contributed by atoms with Gasteiger partial charge in [0, 0.05) is 9.75 Å². The van der Waals surface area contributed by atoms with E-state index in [4.69, 9.17) is 0 Å². The third-order valence-corrected chi connectivity index (χ3v) is 6.92. The molecular formula is C22H43NS2. The van der Waals surface area contributed by atoms with Gasteiger partial charge in [0.15, 0.2) is 0 Å². The average Bonchev–Trinajstić information content (AvgIpc) is 2.83. The maximum Gasteiger partial charge on any atom is 0.0137 e. The molecule has 0 amide bonds. The number of thiophene rings is 1. The van der Waals surface area contributed by atoms with Crippen LogP contribution in [0.4, 0.5) is 0 Å². The maximum atomic E-state index is 4.19. The van der Waals surface area contributed by atoms with Crippen molar-refractivity contribution in [3.8, 4) is 0 Å². The lowest BCUT2D eigenvalue weighted by atomic mass is 9.83. The van der Waals surface area contributed by atoms with Crippen LogP contribution in [0.2, 0.25) is 0 Å². The van der Waals surface area contributed by atoms with Crippen molar-refractivity contribution >= 4 is 24.2 Å². The maximum absolute atomic E-state index is 4.19. The van der Waals surface area contributed by atoms with Crippen LogP contribution in [0.25, 0.3) is 0 Å². The van der Waals surface area contributed by atoms with Crippen molar-refractivity contribution in [2.24, 2.45) is 11.1 Å². The molecule has 2 N–H and O–H groups in total. The molecule has 0 aliphatic carbocycles. The highest BCUT2D eigenvalue weighted by Crippen LogP contribution is 2.43. The van der Waals surface area contributed by atoms with Gasteiger partial charge in [0.25, 0.3) is 0 Å². The summed E-state index contributed by atoms with van der Waals surface area (Å²) in [6.45, 7) is 21.3. The molecule has 0 radical (unpaired) electrons. The summed E-state index contributed by atoms with van der Waals surface area (Å²) in [7, 11) is 0. The van der Waals surface area contributed by atoms with Crippen LogP contribution in [0.15, 0.2) is 0 Å². The van der Waals surface area contributed by atoms with Crippen LogP contribution in [-0.4, -0.2) is 0 Å². The van der Waals surface area contributed by atoms with Gasteiger partial charge < -0.3 is 0 Å². The first-order valence-electron chi connectivity index (χ1n) is 9.87. The second-order valence-corrected chi connectivity index (χ2v) is 10.5. The van der Waals surface area contributed by atoms with E-state index >= 15 is 0 Å². The van der Waals surface area contributed by atoms with Crippen molar-refractivity contribution < 1.29 is 0 Å². The highest BCUT2D eigenvalue weighted by molar-refractivity contribution is 7.77. The zero-order valence-electron chi connectivity index (χ0n) is 18.3. The van der Waals surface area contributed by atoms with Crippen molar-refractivity contribution in [3.05, 3.63) is 20.9 Å². The Morgan fingerprint density at radius 2 is 1.44 bits per heavy atom. The molecule has 148 valence electrons. The topological polar surface area (TPSA) is 26.0 Å². The fourth-order valence-electron chi connectivity index (χ4n) is 3.48. The van der Waals surface area contributed by atoms with Crippen LogP contribution in [0.5, 0.6) is 0 Å².